The van der Waals surface area contributed by atoms with Crippen LogP contribution in [0.1, 0.15) is 54.1 Å². The molecule has 1 aromatic carbocycles. The first-order valence-electron chi connectivity index (χ1n) is 12.8. The molecule has 37 heavy (non-hydrogen) atoms. The van der Waals surface area contributed by atoms with Crippen molar-refractivity contribution in [1.82, 2.24) is 15.2 Å². The maximum absolute atomic E-state index is 13.2. The van der Waals surface area contributed by atoms with Crippen molar-refractivity contribution in [3.05, 3.63) is 53.9 Å². The number of carbonyl (C=O) groups excluding carboxylic acids is 3. The summed E-state index contributed by atoms with van der Waals surface area (Å²) in [7, 11) is 0. The van der Waals surface area contributed by atoms with E-state index >= 15 is 0 Å². The zero-order chi connectivity index (χ0) is 25.9. The van der Waals surface area contributed by atoms with E-state index in [0.29, 0.717) is 43.0 Å². The molecule has 3 fully saturated rings. The number of nitrogens with one attached hydrogen (secondary N) is 2. The summed E-state index contributed by atoms with van der Waals surface area (Å²) in [6.45, 7) is 2.51. The number of pyridine rings is 1. The SMILES string of the molecule is O=C(O)CC(NC(=O)c1ccc(N2CCN(C(=O)C3CC3)CC2)c(NC(=O)C2CC2)c1)c1cccnc1. The average Bonchev–Trinajstić information content (AvgIpc) is 3.81. The summed E-state index contributed by atoms with van der Waals surface area (Å²) in [4.78, 5) is 57.8. The molecule has 10 nitrogen and oxygen atoms in total. The highest BCUT2D eigenvalue weighted by Crippen LogP contribution is 2.35. The van der Waals surface area contributed by atoms with Gasteiger partial charge >= 0.3 is 5.97 Å². The molecule has 3 amide bonds. The third-order valence-corrected chi connectivity index (χ3v) is 7.09. The molecule has 5 rings (SSSR count). The molecule has 10 heteroatoms. The van der Waals surface area contributed by atoms with E-state index in [1.807, 2.05) is 11.0 Å². The van der Waals surface area contributed by atoms with Crippen LogP contribution in [0.25, 0.3) is 0 Å². The standard InChI is InChI=1S/C27H31N5O5/c33-24(34)15-21(20-2-1-9-28-16-20)29-26(36)19-7-8-23(22(14-19)30-25(35)17-3-4-17)31-10-12-32(13-11-31)27(37)18-5-6-18/h1-2,7-9,14,16-18,21H,3-6,10-13,15H2,(H,29,36)(H,30,35)(H,33,34). The van der Waals surface area contributed by atoms with E-state index in [4.69, 9.17) is 0 Å². The number of aromatic nitrogens is 1. The van der Waals surface area contributed by atoms with E-state index in [-0.39, 0.29) is 30.1 Å². The molecule has 2 heterocycles. The van der Waals surface area contributed by atoms with Crippen LogP contribution in [0.2, 0.25) is 0 Å². The number of benzene rings is 1. The molecule has 2 saturated carbocycles. The quantitative estimate of drug-likeness (QED) is 0.477. The minimum Gasteiger partial charge on any atom is -0.481 e. The second-order valence-electron chi connectivity index (χ2n) is 9.99. The molecular formula is C27H31N5O5. The summed E-state index contributed by atoms with van der Waals surface area (Å²) in [5, 5.41) is 15.1. The molecule has 2 aromatic rings. The van der Waals surface area contributed by atoms with Crippen LogP contribution in [0.3, 0.4) is 0 Å². The first kappa shape index (κ1) is 24.7. The lowest BCUT2D eigenvalue weighted by atomic mass is 10.0. The van der Waals surface area contributed by atoms with Crippen LogP contribution in [0, 0.1) is 11.8 Å². The lowest BCUT2D eigenvalue weighted by Gasteiger charge is -2.37. The van der Waals surface area contributed by atoms with E-state index < -0.39 is 17.9 Å². The van der Waals surface area contributed by atoms with Gasteiger partial charge in [0.1, 0.15) is 0 Å². The van der Waals surface area contributed by atoms with Crippen LogP contribution >= 0.6 is 0 Å². The van der Waals surface area contributed by atoms with Crippen molar-refractivity contribution in [1.29, 1.82) is 0 Å². The Hall–Kier alpha value is -3.95. The Balaban J connectivity index is 1.34. The first-order chi connectivity index (χ1) is 17.9. The molecule has 1 atom stereocenters. The van der Waals surface area contributed by atoms with Crippen molar-refractivity contribution in [3.8, 4) is 0 Å². The highest BCUT2D eigenvalue weighted by Gasteiger charge is 2.35. The van der Waals surface area contributed by atoms with E-state index in [2.05, 4.69) is 20.5 Å². The number of hydrogen-bond donors (Lipinski definition) is 3. The summed E-state index contributed by atoms with van der Waals surface area (Å²) in [5.41, 5.74) is 2.26. The molecule has 3 N–H and O–H groups in total. The lowest BCUT2D eigenvalue weighted by molar-refractivity contribution is -0.137. The number of rotatable bonds is 9. The Morgan fingerprint density at radius 3 is 2.35 bits per heavy atom. The largest absolute Gasteiger partial charge is 0.481 e. The number of carbonyl (C=O) groups is 4. The topological polar surface area (TPSA) is 132 Å². The van der Waals surface area contributed by atoms with Crippen LogP contribution < -0.4 is 15.5 Å². The highest BCUT2D eigenvalue weighted by molar-refractivity contribution is 6.01. The summed E-state index contributed by atoms with van der Waals surface area (Å²) >= 11 is 0. The van der Waals surface area contributed by atoms with Gasteiger partial charge in [-0.2, -0.15) is 0 Å². The molecule has 1 aliphatic heterocycles. The maximum atomic E-state index is 13.2. The van der Waals surface area contributed by atoms with Gasteiger partial charge in [0.15, 0.2) is 0 Å². The molecule has 2 aliphatic carbocycles. The molecule has 1 unspecified atom stereocenters. The summed E-state index contributed by atoms with van der Waals surface area (Å²) in [5.74, 6) is -1.14. The molecule has 3 aliphatic rings. The Labute approximate surface area is 215 Å². The molecule has 0 radical (unpaired) electrons. The number of anilines is 2. The third-order valence-electron chi connectivity index (χ3n) is 7.09. The predicted octanol–water partition coefficient (Wildman–Crippen LogP) is 2.43. The van der Waals surface area contributed by atoms with Crippen molar-refractivity contribution in [2.75, 3.05) is 36.4 Å². The van der Waals surface area contributed by atoms with Gasteiger partial charge in [0.25, 0.3) is 5.91 Å². The number of piperazine rings is 1. The molecular weight excluding hydrogens is 474 g/mol. The van der Waals surface area contributed by atoms with Gasteiger partial charge in [0.05, 0.1) is 23.8 Å². The lowest BCUT2D eigenvalue weighted by Crippen LogP contribution is -2.49. The summed E-state index contributed by atoms with van der Waals surface area (Å²) in [6, 6.07) is 7.80. The summed E-state index contributed by atoms with van der Waals surface area (Å²) < 4.78 is 0. The molecule has 0 spiro atoms. The van der Waals surface area contributed by atoms with E-state index in [0.717, 1.165) is 31.4 Å². The van der Waals surface area contributed by atoms with Crippen molar-refractivity contribution < 1.29 is 24.3 Å². The van der Waals surface area contributed by atoms with Crippen molar-refractivity contribution in [3.63, 3.8) is 0 Å². The number of nitrogens with zero attached hydrogens (tertiary/aromatic N) is 3. The summed E-state index contributed by atoms with van der Waals surface area (Å²) in [6.07, 6.45) is 6.49. The number of amides is 3. The predicted molar refractivity (Wildman–Crippen MR) is 136 cm³/mol. The first-order valence-corrected chi connectivity index (χ1v) is 12.8. The van der Waals surface area contributed by atoms with Gasteiger partial charge in [-0.05, 0) is 55.5 Å². The second kappa shape index (κ2) is 10.6. The van der Waals surface area contributed by atoms with E-state index in [1.54, 1.807) is 30.5 Å². The van der Waals surface area contributed by atoms with Crippen LogP contribution in [-0.4, -0.2) is 64.9 Å². The fourth-order valence-electron chi connectivity index (χ4n) is 4.64. The minimum absolute atomic E-state index is 0.0103. The minimum atomic E-state index is -1.04. The molecule has 0 bridgehead atoms. The number of hydrogen-bond acceptors (Lipinski definition) is 6. The van der Waals surface area contributed by atoms with Gasteiger partial charge in [-0.15, -0.1) is 0 Å². The third kappa shape index (κ3) is 6.07. The van der Waals surface area contributed by atoms with Crippen molar-refractivity contribution in [2.45, 2.75) is 38.1 Å². The zero-order valence-corrected chi connectivity index (χ0v) is 20.6. The second-order valence-corrected chi connectivity index (χ2v) is 9.99. The number of carboxylic acid groups (broad SMARTS) is 1. The Bertz CT molecular complexity index is 1190. The van der Waals surface area contributed by atoms with Gasteiger partial charge < -0.3 is 25.5 Å². The van der Waals surface area contributed by atoms with Crippen LogP contribution in [0.4, 0.5) is 11.4 Å². The van der Waals surface area contributed by atoms with Crippen LogP contribution in [0.5, 0.6) is 0 Å². The van der Waals surface area contributed by atoms with E-state index in [1.165, 1.54) is 6.20 Å². The number of aliphatic carboxylic acids is 1. The van der Waals surface area contributed by atoms with Crippen LogP contribution in [-0.2, 0) is 14.4 Å². The molecule has 1 saturated heterocycles. The fraction of sp³-hybridized carbons (Fsp3) is 0.444. The van der Waals surface area contributed by atoms with E-state index in [9.17, 15) is 24.3 Å². The highest BCUT2D eigenvalue weighted by atomic mass is 16.4. The zero-order valence-electron chi connectivity index (χ0n) is 20.6. The van der Waals surface area contributed by atoms with Gasteiger partial charge in [0, 0.05) is 56.0 Å². The Morgan fingerprint density at radius 1 is 1.00 bits per heavy atom. The smallest absolute Gasteiger partial charge is 0.305 e. The average molecular weight is 506 g/mol. The monoisotopic (exact) mass is 505 g/mol. The van der Waals surface area contributed by atoms with Gasteiger partial charge in [-0.3, -0.25) is 24.2 Å². The van der Waals surface area contributed by atoms with Crippen molar-refractivity contribution >= 4 is 35.1 Å². The maximum Gasteiger partial charge on any atom is 0.305 e. The fourth-order valence-corrected chi connectivity index (χ4v) is 4.64. The Kier molecular flexibility index (Phi) is 7.07. The molecule has 1 aromatic heterocycles. The van der Waals surface area contributed by atoms with Crippen molar-refractivity contribution in [2.24, 2.45) is 11.8 Å². The van der Waals surface area contributed by atoms with Crippen LogP contribution in [0.15, 0.2) is 42.7 Å². The van der Waals surface area contributed by atoms with Gasteiger partial charge in [-0.25, -0.2) is 0 Å². The molecule has 194 valence electrons. The van der Waals surface area contributed by atoms with Gasteiger partial charge in [-0.1, -0.05) is 6.07 Å². The number of carboxylic acids is 1. The normalized spacial score (nSPS) is 18.2. The Morgan fingerprint density at radius 2 is 1.73 bits per heavy atom. The van der Waals surface area contributed by atoms with Gasteiger partial charge in [0.2, 0.25) is 11.8 Å².